The van der Waals surface area contributed by atoms with Crippen LogP contribution in [0.15, 0.2) is 18.2 Å². The Morgan fingerprint density at radius 3 is 2.43 bits per heavy atom. The van der Waals surface area contributed by atoms with E-state index in [-0.39, 0.29) is 30.6 Å². The van der Waals surface area contributed by atoms with Gasteiger partial charge in [-0.05, 0) is 36.5 Å². The number of amides is 2. The first-order valence-electron chi connectivity index (χ1n) is 7.78. The number of nitrogens with zero attached hydrogens (tertiary/aromatic N) is 2. The topological polar surface area (TPSA) is 40.6 Å². The molecule has 1 aromatic carbocycles. The first-order valence-corrected chi connectivity index (χ1v) is 7.78. The minimum atomic E-state index is -0.576. The van der Waals surface area contributed by atoms with Crippen molar-refractivity contribution in [3.63, 3.8) is 0 Å². The molecule has 1 aliphatic rings. The number of carbonyl (C=O) groups excluding carboxylic acids is 2. The molecule has 1 unspecified atom stereocenters. The smallest absolute Gasteiger partial charge is 0.223 e. The molecule has 126 valence electrons. The largest absolute Gasteiger partial charge is 0.349 e. The molecule has 0 N–H and O–H groups in total. The minimum absolute atomic E-state index is 0.0341. The number of hydrogen-bond donors (Lipinski definition) is 0. The Balaban J connectivity index is 1.83. The van der Waals surface area contributed by atoms with Crippen LogP contribution in [0.5, 0.6) is 0 Å². The molecule has 4 nitrogen and oxygen atoms in total. The highest BCUT2D eigenvalue weighted by Crippen LogP contribution is 2.22. The van der Waals surface area contributed by atoms with Crippen molar-refractivity contribution in [2.45, 2.75) is 25.7 Å². The average Bonchev–Trinajstić information content (AvgIpc) is 2.91. The summed E-state index contributed by atoms with van der Waals surface area (Å²) in [7, 11) is 3.33. The maximum absolute atomic E-state index is 13.2. The lowest BCUT2D eigenvalue weighted by atomic mass is 9.98. The van der Waals surface area contributed by atoms with Gasteiger partial charge in [0.05, 0.1) is 0 Å². The van der Waals surface area contributed by atoms with E-state index in [4.69, 9.17) is 0 Å². The fourth-order valence-electron chi connectivity index (χ4n) is 2.88. The van der Waals surface area contributed by atoms with Gasteiger partial charge in [0.25, 0.3) is 0 Å². The van der Waals surface area contributed by atoms with Gasteiger partial charge in [0.15, 0.2) is 0 Å². The molecule has 1 atom stereocenters. The van der Waals surface area contributed by atoms with Crippen LogP contribution in [0.3, 0.4) is 0 Å². The maximum Gasteiger partial charge on any atom is 0.223 e. The van der Waals surface area contributed by atoms with Crippen LogP contribution >= 0.6 is 0 Å². The molecule has 0 bridgehead atoms. The molecule has 1 fully saturated rings. The van der Waals surface area contributed by atoms with Crippen molar-refractivity contribution in [2.24, 2.45) is 5.92 Å². The highest BCUT2D eigenvalue weighted by molar-refractivity contribution is 5.83. The van der Waals surface area contributed by atoms with Crippen LogP contribution in [0, 0.1) is 17.6 Å². The zero-order valence-electron chi connectivity index (χ0n) is 13.5. The summed E-state index contributed by atoms with van der Waals surface area (Å²) in [5.74, 6) is -1.05. The molecule has 1 aromatic rings. The Morgan fingerprint density at radius 2 is 1.83 bits per heavy atom. The average molecular weight is 324 g/mol. The fraction of sp³-hybridized carbons (Fsp3) is 0.529. The summed E-state index contributed by atoms with van der Waals surface area (Å²) in [6.45, 7) is 1.21. The summed E-state index contributed by atoms with van der Waals surface area (Å²) in [5, 5.41) is 0. The van der Waals surface area contributed by atoms with Crippen molar-refractivity contribution in [1.29, 1.82) is 0 Å². The lowest BCUT2D eigenvalue weighted by Crippen LogP contribution is -2.30. The van der Waals surface area contributed by atoms with Crippen LogP contribution < -0.4 is 0 Å². The van der Waals surface area contributed by atoms with Crippen molar-refractivity contribution in [3.8, 4) is 0 Å². The Hall–Kier alpha value is -1.98. The molecule has 1 saturated heterocycles. The monoisotopic (exact) mass is 324 g/mol. The van der Waals surface area contributed by atoms with Crippen LogP contribution in [-0.4, -0.2) is 48.8 Å². The van der Waals surface area contributed by atoms with E-state index in [1.165, 1.54) is 17.0 Å². The maximum atomic E-state index is 13.2. The normalized spacial score (nSPS) is 17.4. The second kappa shape index (κ2) is 7.53. The Bertz CT molecular complexity index is 570. The van der Waals surface area contributed by atoms with Crippen LogP contribution in [-0.2, 0) is 16.0 Å². The molecule has 0 aliphatic carbocycles. The van der Waals surface area contributed by atoms with Crippen LogP contribution in [0.4, 0.5) is 8.78 Å². The van der Waals surface area contributed by atoms with E-state index < -0.39 is 11.6 Å². The van der Waals surface area contributed by atoms with Gasteiger partial charge in [0.1, 0.15) is 11.6 Å². The van der Waals surface area contributed by atoms with Gasteiger partial charge in [0, 0.05) is 46.1 Å². The highest BCUT2D eigenvalue weighted by Gasteiger charge is 2.26. The van der Waals surface area contributed by atoms with Crippen molar-refractivity contribution >= 4 is 11.8 Å². The predicted molar refractivity (Wildman–Crippen MR) is 82.7 cm³/mol. The van der Waals surface area contributed by atoms with Crippen LogP contribution in [0.2, 0.25) is 0 Å². The molecule has 0 aromatic heterocycles. The van der Waals surface area contributed by atoms with Crippen molar-refractivity contribution in [1.82, 2.24) is 9.80 Å². The van der Waals surface area contributed by atoms with Gasteiger partial charge in [-0.1, -0.05) is 0 Å². The molecular weight excluding hydrogens is 302 g/mol. The fourth-order valence-corrected chi connectivity index (χ4v) is 2.88. The Kier molecular flexibility index (Phi) is 5.69. The van der Waals surface area contributed by atoms with Gasteiger partial charge in [0.2, 0.25) is 11.8 Å². The van der Waals surface area contributed by atoms with Crippen LogP contribution in [0.1, 0.15) is 24.8 Å². The number of halogens is 2. The van der Waals surface area contributed by atoms with Crippen molar-refractivity contribution in [2.75, 3.05) is 27.2 Å². The standard InChI is InChI=1S/C17H22F2N2O2/c1-20(2)16(22)3-4-17(23)21-6-5-12(11-21)7-13-8-14(18)10-15(19)9-13/h8-10,12H,3-7,11H2,1-2H3. The molecular formula is C17H22F2N2O2. The van der Waals surface area contributed by atoms with E-state index >= 15 is 0 Å². The summed E-state index contributed by atoms with van der Waals surface area (Å²) in [5.41, 5.74) is 0.615. The number of rotatable bonds is 5. The van der Waals surface area contributed by atoms with E-state index in [0.29, 0.717) is 25.1 Å². The first-order chi connectivity index (χ1) is 10.8. The number of benzene rings is 1. The zero-order chi connectivity index (χ0) is 17.0. The van der Waals surface area contributed by atoms with Crippen molar-refractivity contribution < 1.29 is 18.4 Å². The molecule has 1 heterocycles. The first kappa shape index (κ1) is 17.4. The molecule has 6 heteroatoms. The molecule has 23 heavy (non-hydrogen) atoms. The highest BCUT2D eigenvalue weighted by atomic mass is 19.1. The molecule has 0 saturated carbocycles. The van der Waals surface area contributed by atoms with Gasteiger partial charge in [-0.15, -0.1) is 0 Å². The van der Waals surface area contributed by atoms with Gasteiger partial charge < -0.3 is 9.80 Å². The van der Waals surface area contributed by atoms with Gasteiger partial charge in [-0.25, -0.2) is 8.78 Å². The van der Waals surface area contributed by atoms with E-state index in [1.807, 2.05) is 0 Å². The van der Waals surface area contributed by atoms with E-state index in [2.05, 4.69) is 0 Å². The molecule has 2 amide bonds. The summed E-state index contributed by atoms with van der Waals surface area (Å²) in [6, 6.07) is 3.53. The third kappa shape index (κ3) is 5.01. The Morgan fingerprint density at radius 1 is 1.17 bits per heavy atom. The van der Waals surface area contributed by atoms with E-state index in [9.17, 15) is 18.4 Å². The quantitative estimate of drug-likeness (QED) is 0.833. The number of carbonyl (C=O) groups is 2. The summed E-state index contributed by atoms with van der Waals surface area (Å²) in [6.07, 6.45) is 1.78. The summed E-state index contributed by atoms with van der Waals surface area (Å²) >= 11 is 0. The second-order valence-corrected chi connectivity index (χ2v) is 6.26. The molecule has 0 spiro atoms. The minimum Gasteiger partial charge on any atom is -0.349 e. The third-order valence-corrected chi connectivity index (χ3v) is 4.14. The zero-order valence-corrected chi connectivity index (χ0v) is 13.5. The van der Waals surface area contributed by atoms with Gasteiger partial charge in [-0.3, -0.25) is 9.59 Å². The van der Waals surface area contributed by atoms with E-state index in [1.54, 1.807) is 19.0 Å². The third-order valence-electron chi connectivity index (χ3n) is 4.14. The number of likely N-dealkylation sites (tertiary alicyclic amines) is 1. The molecule has 1 aliphatic heterocycles. The summed E-state index contributed by atoms with van der Waals surface area (Å²) < 4.78 is 26.4. The lowest BCUT2D eigenvalue weighted by molar-refractivity contribution is -0.135. The van der Waals surface area contributed by atoms with Gasteiger partial charge >= 0.3 is 0 Å². The second-order valence-electron chi connectivity index (χ2n) is 6.26. The lowest BCUT2D eigenvalue weighted by Gasteiger charge is -2.17. The van der Waals surface area contributed by atoms with Crippen LogP contribution in [0.25, 0.3) is 0 Å². The van der Waals surface area contributed by atoms with Gasteiger partial charge in [-0.2, -0.15) is 0 Å². The summed E-state index contributed by atoms with van der Waals surface area (Å²) in [4.78, 5) is 26.8. The van der Waals surface area contributed by atoms with E-state index in [0.717, 1.165) is 12.5 Å². The Labute approximate surface area is 135 Å². The SMILES string of the molecule is CN(C)C(=O)CCC(=O)N1CCC(Cc2cc(F)cc(F)c2)C1. The molecule has 2 rings (SSSR count). The predicted octanol–water partition coefficient (Wildman–Crippen LogP) is 2.22. The van der Waals surface area contributed by atoms with Crippen molar-refractivity contribution in [3.05, 3.63) is 35.4 Å². The number of hydrogen-bond acceptors (Lipinski definition) is 2. The molecule has 0 radical (unpaired) electrons.